The van der Waals surface area contributed by atoms with Gasteiger partial charge in [-0.15, -0.1) is 0 Å². The number of carboxylic acids is 1. The van der Waals surface area contributed by atoms with Crippen molar-refractivity contribution < 1.29 is 19.0 Å². The first-order valence-corrected chi connectivity index (χ1v) is 10.9. The lowest BCUT2D eigenvalue weighted by Crippen LogP contribution is -2.04. The third-order valence-electron chi connectivity index (χ3n) is 5.53. The van der Waals surface area contributed by atoms with Crippen LogP contribution in [-0.4, -0.2) is 29.0 Å². The molecule has 7 heteroatoms. The summed E-state index contributed by atoms with van der Waals surface area (Å²) in [7, 11) is 1.59. The molecule has 0 saturated heterocycles. The van der Waals surface area contributed by atoms with Crippen LogP contribution in [0.4, 0.5) is 10.1 Å². The number of aryl methyl sites for hydroxylation is 1. The number of ether oxygens (including phenoxy) is 1. The minimum atomic E-state index is -1.00. The molecule has 0 bridgehead atoms. The minimum Gasteiger partial charge on any atom is -0.478 e. The number of methoxy groups -OCH3 is 1. The minimum absolute atomic E-state index is 0.186. The summed E-state index contributed by atoms with van der Waals surface area (Å²) in [5, 5.41) is 17.8. The fourth-order valence-corrected chi connectivity index (χ4v) is 3.98. The standard InChI is InChI=1S/C25H22FN3O3.C2H6/c1-14-9-18(7-8-20(14)26)29-22-10-17(12-27)21(28)11-19(22)24(23(29)13-32-2)15-3-5-16(6-4-15)25(30)31;1-2/h3-12,27H,13,28H2,1-2H3,(H,30,31);1-2H3. The molecule has 0 aliphatic carbocycles. The van der Waals surface area contributed by atoms with E-state index in [9.17, 15) is 14.3 Å². The summed E-state index contributed by atoms with van der Waals surface area (Å²) in [4.78, 5) is 11.3. The van der Waals surface area contributed by atoms with Gasteiger partial charge in [0.25, 0.3) is 0 Å². The highest BCUT2D eigenvalue weighted by atomic mass is 19.1. The first-order chi connectivity index (χ1) is 16.3. The SMILES string of the molecule is CC.COCc1c(-c2ccc(C(=O)O)cc2)c2cc(N)c(C=N)cc2n1-c1ccc(F)c(C)c1. The summed E-state index contributed by atoms with van der Waals surface area (Å²) in [6.45, 7) is 5.95. The van der Waals surface area contributed by atoms with Crippen LogP contribution >= 0.6 is 0 Å². The molecule has 0 aliphatic heterocycles. The zero-order valence-corrected chi connectivity index (χ0v) is 19.6. The Morgan fingerprint density at radius 3 is 2.38 bits per heavy atom. The van der Waals surface area contributed by atoms with Crippen LogP contribution in [0, 0.1) is 18.2 Å². The molecule has 176 valence electrons. The molecule has 0 spiro atoms. The summed E-state index contributed by atoms with van der Waals surface area (Å²) >= 11 is 0. The second-order valence-electron chi connectivity index (χ2n) is 7.55. The summed E-state index contributed by atoms with van der Waals surface area (Å²) < 4.78 is 21.5. The number of benzene rings is 3. The third kappa shape index (κ3) is 4.43. The molecule has 0 unspecified atom stereocenters. The number of hydrogen-bond donors (Lipinski definition) is 3. The fourth-order valence-electron chi connectivity index (χ4n) is 3.98. The smallest absolute Gasteiger partial charge is 0.335 e. The zero-order valence-electron chi connectivity index (χ0n) is 19.6. The van der Waals surface area contributed by atoms with Gasteiger partial charge in [-0.3, -0.25) is 0 Å². The van der Waals surface area contributed by atoms with Gasteiger partial charge in [0.05, 0.1) is 23.4 Å². The number of aromatic carboxylic acids is 1. The largest absolute Gasteiger partial charge is 0.478 e. The predicted molar refractivity (Wildman–Crippen MR) is 135 cm³/mol. The lowest BCUT2D eigenvalue weighted by Gasteiger charge is -2.13. The Morgan fingerprint density at radius 1 is 1.15 bits per heavy atom. The van der Waals surface area contributed by atoms with E-state index in [2.05, 4.69) is 0 Å². The molecule has 0 atom stereocenters. The molecule has 0 saturated carbocycles. The predicted octanol–water partition coefficient (Wildman–Crippen LogP) is 6.20. The van der Waals surface area contributed by atoms with Crippen LogP contribution in [0.1, 0.15) is 41.0 Å². The molecular weight excluding hydrogens is 433 g/mol. The number of nitrogens with one attached hydrogen (secondary N) is 1. The maximum absolute atomic E-state index is 14.0. The van der Waals surface area contributed by atoms with E-state index in [1.807, 2.05) is 30.5 Å². The molecule has 0 radical (unpaired) electrons. The van der Waals surface area contributed by atoms with Gasteiger partial charge in [-0.1, -0.05) is 26.0 Å². The average molecular weight is 462 g/mol. The number of halogens is 1. The number of nitrogens with zero attached hydrogens (tertiary/aromatic N) is 1. The second kappa shape index (κ2) is 10.3. The molecule has 4 rings (SSSR count). The Labute approximate surface area is 197 Å². The van der Waals surface area contributed by atoms with E-state index in [4.69, 9.17) is 15.9 Å². The number of aromatic nitrogens is 1. The van der Waals surface area contributed by atoms with E-state index < -0.39 is 5.97 Å². The van der Waals surface area contributed by atoms with Crippen molar-refractivity contribution >= 4 is 28.8 Å². The van der Waals surface area contributed by atoms with Crippen LogP contribution in [-0.2, 0) is 11.3 Å². The topological polar surface area (TPSA) is 101 Å². The van der Waals surface area contributed by atoms with E-state index in [0.29, 0.717) is 16.8 Å². The van der Waals surface area contributed by atoms with Gasteiger partial charge < -0.3 is 25.6 Å². The lowest BCUT2D eigenvalue weighted by molar-refractivity contribution is 0.0697. The van der Waals surface area contributed by atoms with E-state index >= 15 is 0 Å². The van der Waals surface area contributed by atoms with Gasteiger partial charge in [0.2, 0.25) is 0 Å². The highest BCUT2D eigenvalue weighted by Gasteiger charge is 2.21. The van der Waals surface area contributed by atoms with Gasteiger partial charge in [0, 0.05) is 41.2 Å². The number of anilines is 1. The van der Waals surface area contributed by atoms with Crippen molar-refractivity contribution in [1.82, 2.24) is 4.57 Å². The maximum atomic E-state index is 14.0. The average Bonchev–Trinajstić information content (AvgIpc) is 3.14. The molecule has 0 fully saturated rings. The Balaban J connectivity index is 0.00000158. The number of nitrogen functional groups attached to an aromatic ring is 1. The van der Waals surface area contributed by atoms with Gasteiger partial charge >= 0.3 is 5.97 Å². The molecular formula is C27H28FN3O3. The monoisotopic (exact) mass is 461 g/mol. The van der Waals surface area contributed by atoms with Crippen molar-refractivity contribution in [2.24, 2.45) is 0 Å². The Morgan fingerprint density at radius 2 is 1.82 bits per heavy atom. The van der Waals surface area contributed by atoms with E-state index in [0.717, 1.165) is 33.4 Å². The van der Waals surface area contributed by atoms with Crippen molar-refractivity contribution in [3.8, 4) is 16.8 Å². The van der Waals surface area contributed by atoms with Crippen LogP contribution in [0.15, 0.2) is 54.6 Å². The molecule has 34 heavy (non-hydrogen) atoms. The van der Waals surface area contributed by atoms with E-state index in [1.165, 1.54) is 12.3 Å². The highest BCUT2D eigenvalue weighted by molar-refractivity contribution is 6.04. The number of hydrogen-bond acceptors (Lipinski definition) is 4. The number of carbonyl (C=O) groups is 1. The highest BCUT2D eigenvalue weighted by Crippen LogP contribution is 2.39. The Hall–Kier alpha value is -3.97. The third-order valence-corrected chi connectivity index (χ3v) is 5.53. The van der Waals surface area contributed by atoms with Crippen LogP contribution in [0.5, 0.6) is 0 Å². The normalized spacial score (nSPS) is 10.6. The molecule has 1 heterocycles. The van der Waals surface area contributed by atoms with Crippen LogP contribution < -0.4 is 5.73 Å². The van der Waals surface area contributed by atoms with Crippen molar-refractivity contribution in [1.29, 1.82) is 5.41 Å². The quantitative estimate of drug-likeness (QED) is 0.235. The van der Waals surface area contributed by atoms with Crippen molar-refractivity contribution in [3.63, 3.8) is 0 Å². The molecule has 0 amide bonds. The van der Waals surface area contributed by atoms with Gasteiger partial charge in [0.1, 0.15) is 5.82 Å². The van der Waals surface area contributed by atoms with Crippen LogP contribution in [0.3, 0.4) is 0 Å². The first-order valence-electron chi connectivity index (χ1n) is 10.9. The Kier molecular flexibility index (Phi) is 7.48. The summed E-state index contributed by atoms with van der Waals surface area (Å²) in [6, 6.07) is 15.1. The van der Waals surface area contributed by atoms with E-state index in [1.54, 1.807) is 50.4 Å². The van der Waals surface area contributed by atoms with Gasteiger partial charge in [-0.25, -0.2) is 9.18 Å². The molecule has 4 aromatic rings. The van der Waals surface area contributed by atoms with Crippen LogP contribution in [0.25, 0.3) is 27.7 Å². The first kappa shape index (κ1) is 24.7. The number of rotatable bonds is 6. The number of fused-ring (bicyclic) bond motifs is 1. The molecule has 3 aromatic carbocycles. The molecule has 6 nitrogen and oxygen atoms in total. The fraction of sp³-hybridized carbons (Fsp3) is 0.185. The van der Waals surface area contributed by atoms with Gasteiger partial charge in [0.15, 0.2) is 0 Å². The van der Waals surface area contributed by atoms with Crippen molar-refractivity contribution in [3.05, 3.63) is 82.8 Å². The number of carboxylic acid groups (broad SMARTS) is 1. The van der Waals surface area contributed by atoms with E-state index in [-0.39, 0.29) is 18.0 Å². The summed E-state index contributed by atoms with van der Waals surface area (Å²) in [6.07, 6.45) is 1.19. The molecule has 1 aromatic heterocycles. The Bertz CT molecular complexity index is 1360. The van der Waals surface area contributed by atoms with Gasteiger partial charge in [-0.05, 0) is 60.5 Å². The summed E-state index contributed by atoms with van der Waals surface area (Å²) in [5.41, 5.74) is 11.9. The molecule has 4 N–H and O–H groups in total. The van der Waals surface area contributed by atoms with Crippen molar-refractivity contribution in [2.45, 2.75) is 27.4 Å². The van der Waals surface area contributed by atoms with Gasteiger partial charge in [-0.2, -0.15) is 0 Å². The van der Waals surface area contributed by atoms with Crippen LogP contribution in [0.2, 0.25) is 0 Å². The number of nitrogens with two attached hydrogens (primary N) is 1. The second-order valence-corrected chi connectivity index (χ2v) is 7.55. The molecule has 0 aliphatic rings. The maximum Gasteiger partial charge on any atom is 0.335 e. The lowest BCUT2D eigenvalue weighted by atomic mass is 9.99. The van der Waals surface area contributed by atoms with Crippen molar-refractivity contribution in [2.75, 3.05) is 12.8 Å². The zero-order chi connectivity index (χ0) is 25.0. The summed E-state index contributed by atoms with van der Waals surface area (Å²) in [5.74, 6) is -1.30.